The van der Waals surface area contributed by atoms with Crippen molar-refractivity contribution in [2.75, 3.05) is 13.2 Å². The van der Waals surface area contributed by atoms with Crippen LogP contribution in [0.4, 0.5) is 0 Å². The van der Waals surface area contributed by atoms with Gasteiger partial charge in [-0.25, -0.2) is 0 Å². The maximum atomic E-state index is 5.82. The molecule has 0 bridgehead atoms. The molecule has 33 heavy (non-hydrogen) atoms. The van der Waals surface area contributed by atoms with Crippen LogP contribution < -0.4 is 0 Å². The molecule has 1 heteroatoms. The first-order valence-electron chi connectivity index (χ1n) is 14.8. The largest absolute Gasteiger partial charge is 0.377 e. The molecule has 1 atom stereocenters. The van der Waals surface area contributed by atoms with Gasteiger partial charge in [0.05, 0.1) is 6.61 Å². The van der Waals surface area contributed by atoms with Crippen molar-refractivity contribution in [3.05, 3.63) is 34.9 Å². The summed E-state index contributed by atoms with van der Waals surface area (Å²) < 4.78 is 5.82. The molecule has 0 amide bonds. The van der Waals surface area contributed by atoms with Crippen LogP contribution in [0, 0.1) is 5.92 Å². The summed E-state index contributed by atoms with van der Waals surface area (Å²) >= 11 is 0. The van der Waals surface area contributed by atoms with E-state index in [2.05, 4.69) is 45.9 Å². The van der Waals surface area contributed by atoms with Gasteiger partial charge < -0.3 is 4.74 Å². The van der Waals surface area contributed by atoms with Crippen LogP contribution in [-0.4, -0.2) is 13.2 Å². The maximum absolute atomic E-state index is 5.82. The minimum absolute atomic E-state index is 0.717. The van der Waals surface area contributed by atoms with Crippen LogP contribution in [0.25, 0.3) is 0 Å². The van der Waals surface area contributed by atoms with Crippen LogP contribution in [0.1, 0.15) is 151 Å². The van der Waals surface area contributed by atoms with E-state index in [-0.39, 0.29) is 0 Å². The van der Waals surface area contributed by atoms with Gasteiger partial charge in [-0.3, -0.25) is 0 Å². The quantitative estimate of drug-likeness (QED) is 0.137. The second kappa shape index (κ2) is 24.3. The van der Waals surface area contributed by atoms with Gasteiger partial charge in [0.2, 0.25) is 0 Å². The van der Waals surface area contributed by atoms with Crippen molar-refractivity contribution in [1.29, 1.82) is 0 Å². The minimum Gasteiger partial charge on any atom is -0.377 e. The number of unbranched alkanes of at least 4 members (excludes halogenated alkanes) is 13. The third kappa shape index (κ3) is 19.2. The highest BCUT2D eigenvalue weighted by molar-refractivity contribution is 5.33. The maximum Gasteiger partial charge on any atom is 0.0653 e. The molecule has 0 saturated carbocycles. The first-order chi connectivity index (χ1) is 16.1. The van der Waals surface area contributed by atoms with Gasteiger partial charge in [-0.05, 0) is 51.0 Å². The Labute approximate surface area is 209 Å². The van der Waals surface area contributed by atoms with E-state index in [4.69, 9.17) is 4.74 Å². The molecule has 0 heterocycles. The van der Waals surface area contributed by atoms with Gasteiger partial charge >= 0.3 is 0 Å². The number of hydrogen-bond acceptors (Lipinski definition) is 1. The van der Waals surface area contributed by atoms with E-state index < -0.39 is 0 Å². The molecule has 1 rings (SSSR count). The molecule has 0 fully saturated rings. The highest BCUT2D eigenvalue weighted by Gasteiger charge is 2.14. The predicted octanol–water partition coefficient (Wildman–Crippen LogP) is 11.1. The molecule has 0 aromatic heterocycles. The zero-order valence-corrected chi connectivity index (χ0v) is 23.7. The van der Waals surface area contributed by atoms with Crippen molar-refractivity contribution in [3.63, 3.8) is 0 Å². The third-order valence-electron chi connectivity index (χ3n) is 6.90. The van der Waals surface area contributed by atoms with E-state index in [9.17, 15) is 0 Å². The predicted molar refractivity (Wildman–Crippen MR) is 151 cm³/mol. The normalized spacial score (nSPS) is 16.9. The third-order valence-corrected chi connectivity index (χ3v) is 6.90. The second-order valence-electron chi connectivity index (χ2n) is 9.98. The molecule has 1 aliphatic carbocycles. The summed E-state index contributed by atoms with van der Waals surface area (Å²) in [4.78, 5) is 0. The summed E-state index contributed by atoms with van der Waals surface area (Å²) in [7, 11) is 0. The van der Waals surface area contributed by atoms with Crippen LogP contribution in [0.5, 0.6) is 0 Å². The summed E-state index contributed by atoms with van der Waals surface area (Å²) in [6.45, 7) is 14.8. The number of rotatable bonds is 19. The van der Waals surface area contributed by atoms with Gasteiger partial charge in [0.15, 0.2) is 0 Å². The Morgan fingerprint density at radius 1 is 0.848 bits per heavy atom. The van der Waals surface area contributed by atoms with Crippen LogP contribution in [0.3, 0.4) is 0 Å². The van der Waals surface area contributed by atoms with Crippen LogP contribution in [-0.2, 0) is 4.74 Å². The van der Waals surface area contributed by atoms with Crippen molar-refractivity contribution < 1.29 is 4.74 Å². The molecule has 0 spiro atoms. The molecule has 0 radical (unpaired) electrons. The molecule has 0 aliphatic heterocycles. The summed E-state index contributed by atoms with van der Waals surface area (Å²) in [5.41, 5.74) is 4.46. The Morgan fingerprint density at radius 2 is 1.36 bits per heavy atom. The molecule has 194 valence electrons. The number of allylic oxidation sites excluding steroid dienone is 5. The van der Waals surface area contributed by atoms with E-state index in [1.165, 1.54) is 115 Å². The van der Waals surface area contributed by atoms with Crippen molar-refractivity contribution in [2.45, 2.75) is 151 Å². The Kier molecular flexibility index (Phi) is 23.7. The second-order valence-corrected chi connectivity index (χ2v) is 9.98. The Morgan fingerprint density at radius 3 is 1.88 bits per heavy atom. The van der Waals surface area contributed by atoms with E-state index in [0.29, 0.717) is 0 Å². The molecule has 1 unspecified atom stereocenters. The van der Waals surface area contributed by atoms with Crippen LogP contribution in [0.2, 0.25) is 0 Å². The van der Waals surface area contributed by atoms with E-state index in [1.807, 2.05) is 13.8 Å². The zero-order valence-electron chi connectivity index (χ0n) is 23.7. The van der Waals surface area contributed by atoms with Crippen molar-refractivity contribution in [1.82, 2.24) is 0 Å². The fourth-order valence-corrected chi connectivity index (χ4v) is 4.66. The number of ether oxygens (including phenoxy) is 1. The Balaban J connectivity index is 0.00000497. The van der Waals surface area contributed by atoms with Gasteiger partial charge in [-0.1, -0.05) is 141 Å². The molecule has 0 saturated heterocycles. The molecule has 1 aliphatic rings. The molecule has 1 nitrogen and oxygen atoms in total. The zero-order chi connectivity index (χ0) is 24.6. The summed E-state index contributed by atoms with van der Waals surface area (Å²) in [5.74, 6) is 0.717. The minimum atomic E-state index is 0.717. The Bertz CT molecular complexity index is 511. The van der Waals surface area contributed by atoms with Crippen LogP contribution in [0.15, 0.2) is 34.9 Å². The van der Waals surface area contributed by atoms with Gasteiger partial charge in [-0.2, -0.15) is 0 Å². The van der Waals surface area contributed by atoms with Gasteiger partial charge in [0, 0.05) is 6.61 Å². The lowest BCUT2D eigenvalue weighted by Crippen LogP contribution is -2.06. The lowest BCUT2D eigenvalue weighted by molar-refractivity contribution is 0.157. The van der Waals surface area contributed by atoms with Gasteiger partial charge in [0.25, 0.3) is 0 Å². The van der Waals surface area contributed by atoms with E-state index >= 15 is 0 Å². The summed E-state index contributed by atoms with van der Waals surface area (Å²) in [5, 5.41) is 0. The smallest absolute Gasteiger partial charge is 0.0653 e. The van der Waals surface area contributed by atoms with E-state index in [1.54, 1.807) is 11.1 Å². The highest BCUT2D eigenvalue weighted by Crippen LogP contribution is 2.30. The summed E-state index contributed by atoms with van der Waals surface area (Å²) in [6, 6.07) is 0. The first-order valence-corrected chi connectivity index (χ1v) is 14.8. The lowest BCUT2D eigenvalue weighted by atomic mass is 9.84. The molecule has 0 aromatic rings. The van der Waals surface area contributed by atoms with Crippen molar-refractivity contribution in [2.24, 2.45) is 5.92 Å². The van der Waals surface area contributed by atoms with Gasteiger partial charge in [0.1, 0.15) is 0 Å². The average molecular weight is 461 g/mol. The van der Waals surface area contributed by atoms with Gasteiger partial charge in [-0.15, -0.1) is 0 Å². The Hall–Kier alpha value is -0.820. The van der Waals surface area contributed by atoms with Crippen molar-refractivity contribution >= 4 is 0 Å². The fraction of sp³-hybridized carbons (Fsp3) is 0.812. The van der Waals surface area contributed by atoms with Crippen LogP contribution >= 0.6 is 0 Å². The summed E-state index contributed by atoms with van der Waals surface area (Å²) in [6.07, 6.45) is 30.5. The molecular weight excluding hydrogens is 400 g/mol. The topological polar surface area (TPSA) is 9.23 Å². The lowest BCUT2D eigenvalue weighted by Gasteiger charge is -2.22. The fourth-order valence-electron chi connectivity index (χ4n) is 4.66. The molecular formula is C32H60O. The number of hydrogen-bond donors (Lipinski definition) is 0. The SMILES string of the molecule is CC.CCCCCCCCCCCCCCCCOC/C=C(C)/C=C/C1=C(C)CCCC1C. The molecule has 0 aromatic carbocycles. The average Bonchev–Trinajstić information content (AvgIpc) is 2.82. The first kappa shape index (κ1) is 32.2. The van der Waals surface area contributed by atoms with Crippen molar-refractivity contribution in [3.8, 4) is 0 Å². The van der Waals surface area contributed by atoms with E-state index in [0.717, 1.165) is 19.1 Å². The standard InChI is InChI=1S/C30H54O.C2H6/c1-5-6-7-8-9-10-11-12-13-14-15-16-17-18-25-31-26-24-27(2)22-23-30-28(3)20-19-21-29(30)4;1-2/h22-24,28H,5-21,25-26H2,1-4H3;1-2H3/b23-22+,27-24+;. The molecule has 0 N–H and O–H groups in total. The highest BCUT2D eigenvalue weighted by atomic mass is 16.5. The monoisotopic (exact) mass is 460 g/mol.